The Labute approximate surface area is 97.2 Å². The monoisotopic (exact) mass is 238 g/mol. The smallest absolute Gasteiger partial charge is 0.229 e. The molecule has 17 heavy (non-hydrogen) atoms. The van der Waals surface area contributed by atoms with Crippen molar-refractivity contribution in [2.75, 3.05) is 5.73 Å². The van der Waals surface area contributed by atoms with Crippen LogP contribution in [0, 0.1) is 5.82 Å². The SMILES string of the molecule is CC(C)(F)c1c(F)cccc1-c1cnoc1N. The van der Waals surface area contributed by atoms with Gasteiger partial charge in [-0.25, -0.2) is 8.78 Å². The number of alkyl halides is 1. The van der Waals surface area contributed by atoms with E-state index in [0.717, 1.165) is 0 Å². The fourth-order valence-electron chi connectivity index (χ4n) is 1.80. The summed E-state index contributed by atoms with van der Waals surface area (Å²) >= 11 is 0. The molecule has 1 aromatic heterocycles. The van der Waals surface area contributed by atoms with Gasteiger partial charge in [-0.15, -0.1) is 0 Å². The van der Waals surface area contributed by atoms with E-state index in [0.29, 0.717) is 11.1 Å². The highest BCUT2D eigenvalue weighted by Gasteiger charge is 2.28. The van der Waals surface area contributed by atoms with Gasteiger partial charge < -0.3 is 10.3 Å². The Bertz CT molecular complexity index is 544. The summed E-state index contributed by atoms with van der Waals surface area (Å²) in [6.45, 7) is 2.58. The fourth-order valence-corrected chi connectivity index (χ4v) is 1.80. The van der Waals surface area contributed by atoms with Gasteiger partial charge in [0, 0.05) is 5.56 Å². The molecule has 0 aliphatic rings. The first-order valence-electron chi connectivity index (χ1n) is 5.09. The normalized spacial score (nSPS) is 11.8. The molecule has 0 atom stereocenters. The molecule has 0 saturated carbocycles. The second-order valence-corrected chi connectivity index (χ2v) is 4.24. The van der Waals surface area contributed by atoms with E-state index < -0.39 is 11.5 Å². The molecule has 0 aliphatic heterocycles. The van der Waals surface area contributed by atoms with Crippen LogP contribution >= 0.6 is 0 Å². The van der Waals surface area contributed by atoms with Crippen LogP contribution in [-0.2, 0) is 5.67 Å². The van der Waals surface area contributed by atoms with Crippen LogP contribution in [0.1, 0.15) is 19.4 Å². The molecule has 3 nitrogen and oxygen atoms in total. The highest BCUT2D eigenvalue weighted by atomic mass is 19.1. The van der Waals surface area contributed by atoms with Gasteiger partial charge in [0.05, 0.1) is 11.8 Å². The van der Waals surface area contributed by atoms with E-state index in [4.69, 9.17) is 10.3 Å². The lowest BCUT2D eigenvalue weighted by atomic mass is 9.91. The Hall–Kier alpha value is -1.91. The van der Waals surface area contributed by atoms with Crippen LogP contribution in [0.25, 0.3) is 11.1 Å². The third-order valence-electron chi connectivity index (χ3n) is 2.50. The summed E-state index contributed by atoms with van der Waals surface area (Å²) in [6.07, 6.45) is 1.35. The number of rotatable bonds is 2. The highest BCUT2D eigenvalue weighted by molar-refractivity contribution is 5.75. The number of halogens is 2. The molecule has 0 saturated heterocycles. The zero-order valence-corrected chi connectivity index (χ0v) is 9.50. The van der Waals surface area contributed by atoms with Crippen molar-refractivity contribution in [3.63, 3.8) is 0 Å². The molecule has 5 heteroatoms. The number of benzene rings is 1. The van der Waals surface area contributed by atoms with Crippen molar-refractivity contribution in [2.24, 2.45) is 0 Å². The van der Waals surface area contributed by atoms with Crippen molar-refractivity contribution in [1.82, 2.24) is 5.16 Å². The van der Waals surface area contributed by atoms with Crippen LogP contribution in [0.3, 0.4) is 0 Å². The first-order chi connectivity index (χ1) is 7.91. The van der Waals surface area contributed by atoms with Crippen molar-refractivity contribution >= 4 is 5.88 Å². The van der Waals surface area contributed by atoms with Crippen LogP contribution < -0.4 is 5.73 Å². The largest absolute Gasteiger partial charge is 0.367 e. The van der Waals surface area contributed by atoms with Gasteiger partial charge in [0.25, 0.3) is 0 Å². The lowest BCUT2D eigenvalue weighted by Gasteiger charge is -2.19. The number of aromatic nitrogens is 1. The molecular weight excluding hydrogens is 226 g/mol. The minimum Gasteiger partial charge on any atom is -0.367 e. The summed E-state index contributed by atoms with van der Waals surface area (Å²) in [4.78, 5) is 0. The van der Waals surface area contributed by atoms with Gasteiger partial charge in [-0.2, -0.15) is 0 Å². The molecule has 0 fully saturated rings. The van der Waals surface area contributed by atoms with E-state index in [-0.39, 0.29) is 11.4 Å². The molecular formula is C12H12F2N2O. The van der Waals surface area contributed by atoms with Crippen LogP contribution in [0.2, 0.25) is 0 Å². The minimum atomic E-state index is -1.82. The van der Waals surface area contributed by atoms with E-state index in [9.17, 15) is 8.78 Å². The Morgan fingerprint density at radius 1 is 1.29 bits per heavy atom. The van der Waals surface area contributed by atoms with Gasteiger partial charge in [-0.1, -0.05) is 17.3 Å². The maximum absolute atomic E-state index is 14.0. The number of nitrogen functional groups attached to an aromatic ring is 1. The Kier molecular flexibility index (Phi) is 2.61. The molecule has 0 spiro atoms. The summed E-state index contributed by atoms with van der Waals surface area (Å²) in [5, 5.41) is 3.51. The van der Waals surface area contributed by atoms with Crippen LogP contribution in [0.4, 0.5) is 14.7 Å². The molecule has 0 bridgehead atoms. The van der Waals surface area contributed by atoms with E-state index in [1.54, 1.807) is 6.07 Å². The maximum atomic E-state index is 14.0. The molecule has 90 valence electrons. The molecule has 1 heterocycles. The standard InChI is InChI=1S/C12H12F2N2O/c1-12(2,14)10-7(4-3-5-9(10)13)8-6-16-17-11(8)15/h3-6H,15H2,1-2H3. The van der Waals surface area contributed by atoms with Crippen molar-refractivity contribution in [3.8, 4) is 11.1 Å². The first kappa shape index (κ1) is 11.6. The zero-order chi connectivity index (χ0) is 12.6. The van der Waals surface area contributed by atoms with Crippen LogP contribution in [0.5, 0.6) is 0 Å². The zero-order valence-electron chi connectivity index (χ0n) is 9.50. The van der Waals surface area contributed by atoms with Gasteiger partial charge in [0.15, 0.2) is 0 Å². The molecule has 2 aromatic rings. The lowest BCUT2D eigenvalue weighted by molar-refractivity contribution is 0.215. The van der Waals surface area contributed by atoms with Crippen LogP contribution in [0.15, 0.2) is 28.9 Å². The topological polar surface area (TPSA) is 52.0 Å². The van der Waals surface area contributed by atoms with E-state index in [2.05, 4.69) is 5.16 Å². The second kappa shape index (κ2) is 3.84. The third kappa shape index (κ3) is 2.00. The average Bonchev–Trinajstić information content (AvgIpc) is 2.62. The highest BCUT2D eigenvalue weighted by Crippen LogP contribution is 2.37. The lowest BCUT2D eigenvalue weighted by Crippen LogP contribution is -2.13. The molecule has 0 radical (unpaired) electrons. The van der Waals surface area contributed by atoms with Gasteiger partial charge in [0.2, 0.25) is 5.88 Å². The molecule has 0 unspecified atom stereocenters. The summed E-state index contributed by atoms with van der Waals surface area (Å²) in [5.41, 5.74) is 4.45. The summed E-state index contributed by atoms with van der Waals surface area (Å²) in [5.74, 6) is -0.572. The van der Waals surface area contributed by atoms with Gasteiger partial charge in [0.1, 0.15) is 11.5 Å². The number of nitrogens with zero attached hydrogens (tertiary/aromatic N) is 1. The van der Waals surface area contributed by atoms with Crippen molar-refractivity contribution in [1.29, 1.82) is 0 Å². The van der Waals surface area contributed by atoms with Gasteiger partial charge in [-0.3, -0.25) is 0 Å². The Balaban J connectivity index is 2.71. The van der Waals surface area contributed by atoms with E-state index >= 15 is 0 Å². The molecule has 1 aromatic carbocycles. The molecule has 2 rings (SSSR count). The molecule has 2 N–H and O–H groups in total. The Morgan fingerprint density at radius 3 is 2.53 bits per heavy atom. The molecule has 0 aliphatic carbocycles. The van der Waals surface area contributed by atoms with E-state index in [1.807, 2.05) is 0 Å². The van der Waals surface area contributed by atoms with Crippen molar-refractivity contribution < 1.29 is 13.3 Å². The van der Waals surface area contributed by atoms with Crippen molar-refractivity contribution in [3.05, 3.63) is 35.8 Å². The third-order valence-corrected chi connectivity index (χ3v) is 2.50. The average molecular weight is 238 g/mol. The van der Waals surface area contributed by atoms with Gasteiger partial charge >= 0.3 is 0 Å². The summed E-state index contributed by atoms with van der Waals surface area (Å²) in [7, 11) is 0. The van der Waals surface area contributed by atoms with Crippen LogP contribution in [-0.4, -0.2) is 5.16 Å². The first-order valence-corrected chi connectivity index (χ1v) is 5.09. The minimum absolute atomic E-state index is 0.0427. The summed E-state index contributed by atoms with van der Waals surface area (Å²) in [6, 6.07) is 4.29. The number of anilines is 1. The van der Waals surface area contributed by atoms with Gasteiger partial charge in [-0.05, 0) is 25.5 Å². The second-order valence-electron chi connectivity index (χ2n) is 4.24. The predicted octanol–water partition coefficient (Wildman–Crippen LogP) is 3.27. The quantitative estimate of drug-likeness (QED) is 0.873. The van der Waals surface area contributed by atoms with E-state index in [1.165, 1.54) is 32.2 Å². The van der Waals surface area contributed by atoms with Crippen molar-refractivity contribution in [2.45, 2.75) is 19.5 Å². The summed E-state index contributed by atoms with van der Waals surface area (Å²) < 4.78 is 32.5. The fraction of sp³-hybridized carbons (Fsp3) is 0.250. The number of hydrogen-bond donors (Lipinski definition) is 1. The Morgan fingerprint density at radius 2 is 2.00 bits per heavy atom. The number of hydrogen-bond acceptors (Lipinski definition) is 3. The maximum Gasteiger partial charge on any atom is 0.229 e. The molecule has 0 amide bonds. The predicted molar refractivity (Wildman–Crippen MR) is 60.4 cm³/mol. The number of nitrogens with two attached hydrogens (primary N) is 1.